The Kier molecular flexibility index (Phi) is 6.71. The third-order valence-corrected chi connectivity index (χ3v) is 7.44. The molecule has 1 aliphatic carbocycles. The minimum Gasteiger partial charge on any atom is -0.369 e. The van der Waals surface area contributed by atoms with Gasteiger partial charge in [0, 0.05) is 36.7 Å². The van der Waals surface area contributed by atoms with Gasteiger partial charge in [0.15, 0.2) is 0 Å². The van der Waals surface area contributed by atoms with Gasteiger partial charge in [-0.3, -0.25) is 9.69 Å². The lowest BCUT2D eigenvalue weighted by Gasteiger charge is -2.36. The van der Waals surface area contributed by atoms with Crippen LogP contribution in [0.1, 0.15) is 47.3 Å². The number of nitrogens with one attached hydrogen (secondary N) is 1. The molecule has 2 aromatic rings. The Balaban J connectivity index is 1.35. The van der Waals surface area contributed by atoms with E-state index in [1.165, 1.54) is 41.0 Å². The van der Waals surface area contributed by atoms with Gasteiger partial charge in [-0.25, -0.2) is 0 Å². The van der Waals surface area contributed by atoms with Gasteiger partial charge in [-0.15, -0.1) is 11.3 Å². The van der Waals surface area contributed by atoms with E-state index in [-0.39, 0.29) is 5.91 Å². The first-order chi connectivity index (χ1) is 14.7. The molecule has 1 fully saturated rings. The van der Waals surface area contributed by atoms with E-state index in [4.69, 9.17) is 0 Å². The highest BCUT2D eigenvalue weighted by atomic mass is 32.1. The summed E-state index contributed by atoms with van der Waals surface area (Å²) in [4.78, 5) is 18.6. The number of hydrogen-bond donors (Lipinski definition) is 1. The van der Waals surface area contributed by atoms with Crippen LogP contribution in [0.2, 0.25) is 0 Å². The van der Waals surface area contributed by atoms with Crippen LogP contribution in [0, 0.1) is 18.3 Å². The minimum absolute atomic E-state index is 0.00920. The minimum atomic E-state index is -0.00920. The first-order valence-corrected chi connectivity index (χ1v) is 11.8. The molecule has 1 N–H and O–H groups in total. The number of carbonyl (C=O) groups is 1. The average Bonchev–Trinajstić information content (AvgIpc) is 3.04. The second-order valence-electron chi connectivity index (χ2n) is 8.33. The molecular formula is C24H30N4OS. The fourth-order valence-electron chi connectivity index (χ4n) is 4.56. The van der Waals surface area contributed by atoms with E-state index in [0.29, 0.717) is 12.1 Å². The van der Waals surface area contributed by atoms with Gasteiger partial charge < -0.3 is 10.2 Å². The largest absolute Gasteiger partial charge is 0.369 e. The standard InChI is InChI=1S/C24H30N4OS/c1-18-8-6-7-10-21(18)28-14-12-27(13-15-28)17-23(29)26-24-20(16-25)19-9-4-2-3-5-11-22(19)30-24/h6-8,10H,2-5,9,11-15,17H2,1H3,(H,26,29). The number of amides is 1. The summed E-state index contributed by atoms with van der Waals surface area (Å²) in [5, 5.41) is 13.5. The topological polar surface area (TPSA) is 59.4 Å². The quantitative estimate of drug-likeness (QED) is 0.796. The van der Waals surface area contributed by atoms with Crippen molar-refractivity contribution in [3.8, 4) is 6.07 Å². The molecule has 0 radical (unpaired) electrons. The number of piperazine rings is 1. The molecular weight excluding hydrogens is 392 g/mol. The van der Waals surface area contributed by atoms with Gasteiger partial charge in [0.25, 0.3) is 0 Å². The molecule has 0 spiro atoms. The Bertz CT molecular complexity index is 937. The fourth-order valence-corrected chi connectivity index (χ4v) is 5.82. The number of carbonyl (C=O) groups excluding carboxylic acids is 1. The Morgan fingerprint density at radius 1 is 1.10 bits per heavy atom. The van der Waals surface area contributed by atoms with E-state index in [9.17, 15) is 10.1 Å². The van der Waals surface area contributed by atoms with Gasteiger partial charge in [-0.1, -0.05) is 31.0 Å². The van der Waals surface area contributed by atoms with Crippen LogP contribution in [0.5, 0.6) is 0 Å². The Hall–Kier alpha value is -2.36. The summed E-state index contributed by atoms with van der Waals surface area (Å²) in [6.07, 6.45) is 6.80. The van der Waals surface area contributed by atoms with Crippen LogP contribution in [-0.4, -0.2) is 43.5 Å². The van der Waals surface area contributed by atoms with Gasteiger partial charge in [-0.05, 0) is 49.8 Å². The molecule has 1 amide bonds. The highest BCUT2D eigenvalue weighted by Gasteiger charge is 2.23. The van der Waals surface area contributed by atoms with Crippen LogP contribution < -0.4 is 10.2 Å². The first kappa shape index (κ1) is 20.9. The molecule has 0 unspecified atom stereocenters. The number of para-hydroxylation sites is 1. The Morgan fingerprint density at radius 2 is 1.83 bits per heavy atom. The van der Waals surface area contributed by atoms with Crippen LogP contribution in [-0.2, 0) is 17.6 Å². The summed E-state index contributed by atoms with van der Waals surface area (Å²) in [6.45, 7) is 6.12. The summed E-state index contributed by atoms with van der Waals surface area (Å²) < 4.78 is 0. The summed E-state index contributed by atoms with van der Waals surface area (Å²) in [5.41, 5.74) is 4.47. The maximum atomic E-state index is 12.7. The summed E-state index contributed by atoms with van der Waals surface area (Å²) in [7, 11) is 0. The lowest BCUT2D eigenvalue weighted by molar-refractivity contribution is -0.117. The number of thiophene rings is 1. The van der Waals surface area contributed by atoms with Crippen LogP contribution >= 0.6 is 11.3 Å². The molecule has 30 heavy (non-hydrogen) atoms. The van der Waals surface area contributed by atoms with Crippen LogP contribution in [0.3, 0.4) is 0 Å². The van der Waals surface area contributed by atoms with Gasteiger partial charge in [-0.2, -0.15) is 5.26 Å². The van der Waals surface area contributed by atoms with Crippen molar-refractivity contribution in [3.63, 3.8) is 0 Å². The molecule has 158 valence electrons. The first-order valence-electron chi connectivity index (χ1n) is 11.0. The van der Waals surface area contributed by atoms with E-state index in [1.807, 2.05) is 0 Å². The van der Waals surface area contributed by atoms with Crippen molar-refractivity contribution in [1.82, 2.24) is 4.90 Å². The molecule has 6 heteroatoms. The van der Waals surface area contributed by atoms with Crippen molar-refractivity contribution in [2.24, 2.45) is 0 Å². The maximum Gasteiger partial charge on any atom is 0.239 e. The SMILES string of the molecule is Cc1ccccc1N1CCN(CC(=O)Nc2sc3c(c2C#N)CCCCCC3)CC1. The average molecular weight is 423 g/mol. The molecule has 0 bridgehead atoms. The summed E-state index contributed by atoms with van der Waals surface area (Å²) in [5.74, 6) is -0.00920. The molecule has 1 aromatic carbocycles. The highest BCUT2D eigenvalue weighted by molar-refractivity contribution is 7.16. The van der Waals surface area contributed by atoms with E-state index in [2.05, 4.69) is 52.4 Å². The number of nitriles is 1. The zero-order valence-corrected chi connectivity index (χ0v) is 18.6. The highest BCUT2D eigenvalue weighted by Crippen LogP contribution is 2.36. The van der Waals surface area contributed by atoms with E-state index >= 15 is 0 Å². The third-order valence-electron chi connectivity index (χ3n) is 6.23. The van der Waals surface area contributed by atoms with Crippen molar-refractivity contribution in [2.45, 2.75) is 45.4 Å². The molecule has 2 heterocycles. The van der Waals surface area contributed by atoms with E-state index in [1.54, 1.807) is 11.3 Å². The lowest BCUT2D eigenvalue weighted by atomic mass is 9.97. The van der Waals surface area contributed by atoms with E-state index in [0.717, 1.165) is 50.4 Å². The maximum absolute atomic E-state index is 12.7. The molecule has 0 saturated carbocycles. The van der Waals surface area contributed by atoms with Crippen molar-refractivity contribution < 1.29 is 4.79 Å². The molecule has 1 saturated heterocycles. The molecule has 5 nitrogen and oxygen atoms in total. The van der Waals surface area contributed by atoms with Crippen LogP contribution in [0.4, 0.5) is 10.7 Å². The van der Waals surface area contributed by atoms with Crippen LogP contribution in [0.25, 0.3) is 0 Å². The molecule has 4 rings (SSSR count). The zero-order chi connectivity index (χ0) is 20.9. The third kappa shape index (κ3) is 4.69. The normalized spacial score (nSPS) is 17.5. The second-order valence-corrected chi connectivity index (χ2v) is 9.44. The van der Waals surface area contributed by atoms with Gasteiger partial charge in [0.1, 0.15) is 11.1 Å². The van der Waals surface area contributed by atoms with Crippen molar-refractivity contribution in [1.29, 1.82) is 5.26 Å². The number of rotatable bonds is 4. The molecule has 2 aliphatic rings. The summed E-state index contributed by atoms with van der Waals surface area (Å²) >= 11 is 1.62. The van der Waals surface area contributed by atoms with Crippen molar-refractivity contribution in [3.05, 3.63) is 45.8 Å². The molecule has 1 aliphatic heterocycles. The van der Waals surface area contributed by atoms with Gasteiger partial charge in [0.05, 0.1) is 12.1 Å². The number of fused-ring (bicyclic) bond motifs is 1. The zero-order valence-electron chi connectivity index (χ0n) is 17.7. The second kappa shape index (κ2) is 9.63. The fraction of sp³-hybridized carbons (Fsp3) is 0.500. The number of benzene rings is 1. The number of hydrogen-bond acceptors (Lipinski definition) is 5. The molecule has 0 atom stereocenters. The molecule has 1 aromatic heterocycles. The van der Waals surface area contributed by atoms with Crippen molar-refractivity contribution >= 4 is 27.9 Å². The van der Waals surface area contributed by atoms with E-state index < -0.39 is 0 Å². The number of aryl methyl sites for hydroxylation is 2. The number of anilines is 2. The number of nitrogens with zero attached hydrogens (tertiary/aromatic N) is 3. The van der Waals surface area contributed by atoms with Crippen molar-refractivity contribution in [2.75, 3.05) is 42.9 Å². The van der Waals surface area contributed by atoms with Crippen LogP contribution in [0.15, 0.2) is 24.3 Å². The van der Waals surface area contributed by atoms with Gasteiger partial charge >= 0.3 is 0 Å². The monoisotopic (exact) mass is 422 g/mol. The predicted octanol–water partition coefficient (Wildman–Crippen LogP) is 4.35. The predicted molar refractivity (Wildman–Crippen MR) is 123 cm³/mol. The Labute approximate surface area is 183 Å². The smallest absolute Gasteiger partial charge is 0.239 e. The van der Waals surface area contributed by atoms with Gasteiger partial charge in [0.2, 0.25) is 5.91 Å². The lowest BCUT2D eigenvalue weighted by Crippen LogP contribution is -2.48. The summed E-state index contributed by atoms with van der Waals surface area (Å²) in [6, 6.07) is 10.8. The Morgan fingerprint density at radius 3 is 2.57 bits per heavy atom.